The summed E-state index contributed by atoms with van der Waals surface area (Å²) in [5.41, 5.74) is 2.16. The van der Waals surface area contributed by atoms with Gasteiger partial charge in [0.1, 0.15) is 0 Å². The maximum Gasteiger partial charge on any atom is 0.220 e. The summed E-state index contributed by atoms with van der Waals surface area (Å²) in [4.78, 5) is 16.5. The molecule has 3 heteroatoms. The Morgan fingerprint density at radius 2 is 1.70 bits per heavy atom. The predicted octanol–water partition coefficient (Wildman–Crippen LogP) is 3.52. The van der Waals surface area contributed by atoms with E-state index in [1.807, 2.05) is 32.9 Å². The van der Waals surface area contributed by atoms with Crippen LogP contribution in [0.3, 0.4) is 0 Å². The van der Waals surface area contributed by atoms with E-state index >= 15 is 0 Å². The monoisotopic (exact) mass is 276 g/mol. The lowest BCUT2D eigenvalue weighted by atomic mass is 9.90. The number of pyridine rings is 1. The van der Waals surface area contributed by atoms with Crippen molar-refractivity contribution in [3.63, 3.8) is 0 Å². The molecule has 0 atom stereocenters. The van der Waals surface area contributed by atoms with Crippen LogP contribution in [0.25, 0.3) is 0 Å². The fourth-order valence-electron chi connectivity index (χ4n) is 2.03. The summed E-state index contributed by atoms with van der Waals surface area (Å²) >= 11 is 0. The molecule has 0 saturated heterocycles. The Kier molecular flexibility index (Phi) is 5.32. The Morgan fingerprint density at radius 1 is 1.10 bits per heavy atom. The van der Waals surface area contributed by atoms with Crippen LogP contribution in [0.4, 0.5) is 0 Å². The van der Waals surface area contributed by atoms with Crippen LogP contribution >= 0.6 is 0 Å². The Labute approximate surface area is 123 Å². The van der Waals surface area contributed by atoms with Crippen LogP contribution in [0.15, 0.2) is 18.2 Å². The first-order chi connectivity index (χ1) is 9.05. The molecule has 1 N–H and O–H groups in total. The number of nitrogens with zero attached hydrogens (tertiary/aromatic N) is 1. The summed E-state index contributed by atoms with van der Waals surface area (Å²) in [5.74, 6) is 0.0838. The quantitative estimate of drug-likeness (QED) is 0.914. The van der Waals surface area contributed by atoms with E-state index < -0.39 is 0 Å². The van der Waals surface area contributed by atoms with E-state index in [0.29, 0.717) is 12.8 Å². The lowest BCUT2D eigenvalue weighted by Crippen LogP contribution is -2.40. The highest BCUT2D eigenvalue weighted by molar-refractivity contribution is 5.76. The van der Waals surface area contributed by atoms with E-state index in [9.17, 15) is 4.79 Å². The summed E-state index contributed by atoms with van der Waals surface area (Å²) in [6.07, 6.45) is 2.14. The van der Waals surface area contributed by atoms with Gasteiger partial charge in [0.05, 0.1) is 0 Å². The molecule has 0 spiro atoms. The van der Waals surface area contributed by atoms with Gasteiger partial charge in [0.15, 0.2) is 0 Å². The largest absolute Gasteiger partial charge is 0.351 e. The van der Waals surface area contributed by atoms with Gasteiger partial charge in [-0.25, -0.2) is 0 Å². The summed E-state index contributed by atoms with van der Waals surface area (Å²) in [6, 6.07) is 6.09. The number of carbonyl (C=O) groups is 1. The van der Waals surface area contributed by atoms with Gasteiger partial charge in [0.25, 0.3) is 0 Å². The molecule has 0 bridgehead atoms. The minimum absolute atomic E-state index is 0.0838. The molecule has 0 aromatic carbocycles. The van der Waals surface area contributed by atoms with Gasteiger partial charge in [-0.3, -0.25) is 9.78 Å². The number of rotatable bonds is 4. The van der Waals surface area contributed by atoms with Gasteiger partial charge in [-0.2, -0.15) is 0 Å². The van der Waals surface area contributed by atoms with Gasteiger partial charge in [0.2, 0.25) is 5.91 Å². The zero-order valence-electron chi connectivity index (χ0n) is 13.7. The zero-order valence-corrected chi connectivity index (χ0v) is 13.7. The second kappa shape index (κ2) is 6.38. The second-order valence-electron chi connectivity index (χ2n) is 7.66. The molecule has 112 valence electrons. The van der Waals surface area contributed by atoms with Crippen molar-refractivity contribution >= 4 is 5.91 Å². The van der Waals surface area contributed by atoms with Crippen molar-refractivity contribution in [2.75, 3.05) is 0 Å². The molecule has 0 aliphatic rings. The predicted molar refractivity (Wildman–Crippen MR) is 83.6 cm³/mol. The van der Waals surface area contributed by atoms with Crippen molar-refractivity contribution in [1.82, 2.24) is 10.3 Å². The zero-order chi connectivity index (χ0) is 15.4. The van der Waals surface area contributed by atoms with Gasteiger partial charge in [-0.05, 0) is 51.2 Å². The van der Waals surface area contributed by atoms with Gasteiger partial charge in [0, 0.05) is 23.3 Å². The fraction of sp³-hybridized carbons (Fsp3) is 0.647. The average molecular weight is 276 g/mol. The normalized spacial score (nSPS) is 12.3. The Morgan fingerprint density at radius 3 is 2.25 bits per heavy atom. The SMILES string of the molecule is CC(C)(C)Cc1cccc(CCC(=O)NC(C)(C)C)n1. The molecule has 0 aliphatic carbocycles. The van der Waals surface area contributed by atoms with Crippen LogP contribution in [0.5, 0.6) is 0 Å². The molecule has 0 aliphatic heterocycles. The molecule has 3 nitrogen and oxygen atoms in total. The maximum absolute atomic E-state index is 11.8. The first-order valence-corrected chi connectivity index (χ1v) is 7.31. The van der Waals surface area contributed by atoms with E-state index in [1.54, 1.807) is 0 Å². The van der Waals surface area contributed by atoms with Crippen LogP contribution in [-0.2, 0) is 17.6 Å². The van der Waals surface area contributed by atoms with Crippen molar-refractivity contribution in [1.29, 1.82) is 0 Å². The van der Waals surface area contributed by atoms with Crippen molar-refractivity contribution in [3.05, 3.63) is 29.6 Å². The van der Waals surface area contributed by atoms with E-state index in [-0.39, 0.29) is 16.9 Å². The molecular formula is C17H28N2O. The highest BCUT2D eigenvalue weighted by atomic mass is 16.1. The first kappa shape index (κ1) is 16.7. The summed E-state index contributed by atoms with van der Waals surface area (Å²) in [5, 5.41) is 2.98. The van der Waals surface area contributed by atoms with Gasteiger partial charge < -0.3 is 5.32 Å². The Hall–Kier alpha value is -1.38. The number of carbonyl (C=O) groups excluding carboxylic acids is 1. The standard InChI is InChI=1S/C17H28N2O/c1-16(2,3)12-14-9-7-8-13(18-14)10-11-15(20)19-17(4,5)6/h7-9H,10-12H2,1-6H3,(H,19,20). The van der Waals surface area contributed by atoms with E-state index in [2.05, 4.69) is 37.1 Å². The molecule has 0 saturated carbocycles. The number of hydrogen-bond donors (Lipinski definition) is 1. The van der Waals surface area contributed by atoms with Crippen LogP contribution in [0.2, 0.25) is 0 Å². The molecule has 0 fully saturated rings. The lowest BCUT2D eigenvalue weighted by molar-refractivity contribution is -0.122. The number of amides is 1. The van der Waals surface area contributed by atoms with Crippen LogP contribution in [0.1, 0.15) is 59.4 Å². The summed E-state index contributed by atoms with van der Waals surface area (Å²) in [6.45, 7) is 12.6. The topological polar surface area (TPSA) is 42.0 Å². The minimum atomic E-state index is -0.168. The third-order valence-corrected chi connectivity index (χ3v) is 2.70. The Balaban J connectivity index is 2.57. The lowest BCUT2D eigenvalue weighted by Gasteiger charge is -2.20. The van der Waals surface area contributed by atoms with Gasteiger partial charge in [-0.1, -0.05) is 26.8 Å². The van der Waals surface area contributed by atoms with Crippen molar-refractivity contribution in [3.8, 4) is 0 Å². The van der Waals surface area contributed by atoms with Crippen LogP contribution in [0, 0.1) is 5.41 Å². The number of hydrogen-bond acceptors (Lipinski definition) is 2. The number of aryl methyl sites for hydroxylation is 1. The maximum atomic E-state index is 11.8. The Bertz CT molecular complexity index is 453. The van der Waals surface area contributed by atoms with Crippen molar-refractivity contribution in [2.45, 2.75) is 66.3 Å². The smallest absolute Gasteiger partial charge is 0.220 e. The van der Waals surface area contributed by atoms with Crippen LogP contribution in [-0.4, -0.2) is 16.4 Å². The first-order valence-electron chi connectivity index (χ1n) is 7.31. The number of aromatic nitrogens is 1. The van der Waals surface area contributed by atoms with E-state index in [0.717, 1.165) is 17.8 Å². The average Bonchev–Trinajstić information content (AvgIpc) is 2.22. The molecule has 20 heavy (non-hydrogen) atoms. The highest BCUT2D eigenvalue weighted by Gasteiger charge is 2.15. The second-order valence-corrected chi connectivity index (χ2v) is 7.66. The summed E-state index contributed by atoms with van der Waals surface area (Å²) < 4.78 is 0. The van der Waals surface area contributed by atoms with Gasteiger partial charge in [-0.15, -0.1) is 0 Å². The third kappa shape index (κ3) is 7.27. The minimum Gasteiger partial charge on any atom is -0.351 e. The summed E-state index contributed by atoms with van der Waals surface area (Å²) in [7, 11) is 0. The third-order valence-electron chi connectivity index (χ3n) is 2.70. The highest BCUT2D eigenvalue weighted by Crippen LogP contribution is 2.19. The molecule has 0 unspecified atom stereocenters. The molecule has 1 aromatic rings. The fourth-order valence-corrected chi connectivity index (χ4v) is 2.03. The molecule has 1 rings (SSSR count). The van der Waals surface area contributed by atoms with Crippen molar-refractivity contribution < 1.29 is 4.79 Å². The van der Waals surface area contributed by atoms with Crippen molar-refractivity contribution in [2.24, 2.45) is 5.41 Å². The van der Waals surface area contributed by atoms with E-state index in [4.69, 9.17) is 0 Å². The number of nitrogens with one attached hydrogen (secondary N) is 1. The van der Waals surface area contributed by atoms with E-state index in [1.165, 1.54) is 0 Å². The molecule has 1 heterocycles. The molecular weight excluding hydrogens is 248 g/mol. The molecule has 0 radical (unpaired) electrons. The van der Waals surface area contributed by atoms with Crippen LogP contribution < -0.4 is 5.32 Å². The molecule has 1 amide bonds. The van der Waals surface area contributed by atoms with Gasteiger partial charge >= 0.3 is 0 Å². The molecule has 1 aromatic heterocycles.